The Balaban J connectivity index is 1.48. The SMILES string of the molecule is CC(C)CCOc1cccc([C@H]2C(=C(O)c3ccc4c(c3)C[C@@H](C)O4)C(=O)C(=O)N2c2nc3ccc(Cl)cc3s2)c1. The number of nitrogens with zero attached hydrogens (tertiary/aromatic N) is 2. The van der Waals surface area contributed by atoms with Gasteiger partial charge in [-0.1, -0.05) is 48.9 Å². The Morgan fingerprint density at radius 1 is 1.17 bits per heavy atom. The number of ether oxygens (including phenoxy) is 2. The molecule has 1 N–H and O–H groups in total. The molecule has 2 atom stereocenters. The summed E-state index contributed by atoms with van der Waals surface area (Å²) in [4.78, 5) is 33.4. The normalized spacial score (nSPS) is 19.7. The molecule has 1 fully saturated rings. The molecule has 3 heterocycles. The molecule has 2 aliphatic rings. The minimum absolute atomic E-state index is 0.00136. The Kier molecular flexibility index (Phi) is 7.21. The van der Waals surface area contributed by atoms with Gasteiger partial charge >= 0.3 is 5.91 Å². The van der Waals surface area contributed by atoms with Gasteiger partial charge in [0, 0.05) is 17.0 Å². The summed E-state index contributed by atoms with van der Waals surface area (Å²) in [6.07, 6.45) is 1.61. The smallest absolute Gasteiger partial charge is 0.301 e. The minimum atomic E-state index is -0.914. The Morgan fingerprint density at radius 3 is 2.80 bits per heavy atom. The Labute approximate surface area is 247 Å². The van der Waals surface area contributed by atoms with Crippen LogP contribution in [0.2, 0.25) is 5.02 Å². The van der Waals surface area contributed by atoms with Gasteiger partial charge in [0.15, 0.2) is 5.13 Å². The predicted octanol–water partition coefficient (Wildman–Crippen LogP) is 7.32. The maximum Gasteiger partial charge on any atom is 0.301 e. The second-order valence-electron chi connectivity index (χ2n) is 10.8. The fourth-order valence-corrected chi connectivity index (χ4v) is 6.51. The van der Waals surface area contributed by atoms with E-state index >= 15 is 0 Å². The zero-order valence-corrected chi connectivity index (χ0v) is 24.5. The number of carbonyl (C=O) groups is 2. The maximum absolute atomic E-state index is 13.7. The summed E-state index contributed by atoms with van der Waals surface area (Å²) >= 11 is 7.47. The second-order valence-corrected chi connectivity index (χ2v) is 12.3. The van der Waals surface area contributed by atoms with Crippen LogP contribution in [0.25, 0.3) is 16.0 Å². The third kappa shape index (κ3) is 5.18. The van der Waals surface area contributed by atoms with Crippen LogP contribution >= 0.6 is 22.9 Å². The molecule has 1 amide bonds. The van der Waals surface area contributed by atoms with Gasteiger partial charge in [-0.25, -0.2) is 4.98 Å². The third-order valence-corrected chi connectivity index (χ3v) is 8.55. The van der Waals surface area contributed by atoms with E-state index in [1.165, 1.54) is 16.2 Å². The van der Waals surface area contributed by atoms with Crippen molar-refractivity contribution in [1.29, 1.82) is 0 Å². The number of aromatic nitrogens is 1. The molecule has 0 spiro atoms. The fraction of sp³-hybridized carbons (Fsp3) is 0.281. The number of hydrogen-bond donors (Lipinski definition) is 1. The van der Waals surface area contributed by atoms with Crippen molar-refractivity contribution in [3.8, 4) is 11.5 Å². The molecule has 41 heavy (non-hydrogen) atoms. The molecule has 0 aliphatic carbocycles. The Hall–Kier alpha value is -3.88. The van der Waals surface area contributed by atoms with Gasteiger partial charge in [-0.05, 0) is 78.9 Å². The van der Waals surface area contributed by atoms with Crippen LogP contribution in [0.1, 0.15) is 49.9 Å². The molecule has 1 saturated heterocycles. The highest BCUT2D eigenvalue weighted by molar-refractivity contribution is 7.22. The maximum atomic E-state index is 13.7. The molecule has 9 heteroatoms. The van der Waals surface area contributed by atoms with Gasteiger partial charge in [0.2, 0.25) is 0 Å². The molecule has 210 valence electrons. The van der Waals surface area contributed by atoms with Crippen LogP contribution in [0, 0.1) is 5.92 Å². The molecule has 4 aromatic rings. The number of aliphatic hydroxyl groups excluding tert-OH is 1. The van der Waals surface area contributed by atoms with Crippen molar-refractivity contribution >= 4 is 55.7 Å². The van der Waals surface area contributed by atoms with Gasteiger partial charge < -0.3 is 14.6 Å². The predicted molar refractivity (Wildman–Crippen MR) is 161 cm³/mol. The van der Waals surface area contributed by atoms with E-state index in [1.807, 2.05) is 37.3 Å². The molecule has 0 saturated carbocycles. The summed E-state index contributed by atoms with van der Waals surface area (Å²) in [5.41, 5.74) is 2.68. The van der Waals surface area contributed by atoms with Crippen LogP contribution in [-0.2, 0) is 16.0 Å². The monoisotopic (exact) mass is 588 g/mol. The van der Waals surface area contributed by atoms with E-state index in [0.29, 0.717) is 51.5 Å². The van der Waals surface area contributed by atoms with Gasteiger partial charge in [0.05, 0.1) is 28.4 Å². The third-order valence-electron chi connectivity index (χ3n) is 7.30. The van der Waals surface area contributed by atoms with E-state index in [-0.39, 0.29) is 17.4 Å². The molecule has 7 nitrogen and oxygen atoms in total. The lowest BCUT2D eigenvalue weighted by atomic mass is 9.94. The highest BCUT2D eigenvalue weighted by Gasteiger charge is 2.48. The number of rotatable bonds is 7. The van der Waals surface area contributed by atoms with Gasteiger partial charge in [-0.3, -0.25) is 14.5 Å². The van der Waals surface area contributed by atoms with Crippen LogP contribution in [-0.4, -0.2) is 34.5 Å². The number of benzene rings is 3. The van der Waals surface area contributed by atoms with Crippen LogP contribution in [0.5, 0.6) is 11.5 Å². The average Bonchev–Trinajstić information content (AvgIpc) is 3.60. The lowest BCUT2D eigenvalue weighted by Gasteiger charge is -2.23. The number of amides is 1. The molecule has 0 unspecified atom stereocenters. The highest BCUT2D eigenvalue weighted by atomic mass is 35.5. The first kappa shape index (κ1) is 27.3. The first-order chi connectivity index (χ1) is 19.7. The molecule has 3 aromatic carbocycles. The number of aliphatic hydroxyl groups is 1. The summed E-state index contributed by atoms with van der Waals surface area (Å²) in [7, 11) is 0. The molecule has 2 aliphatic heterocycles. The van der Waals surface area contributed by atoms with Crippen molar-refractivity contribution in [2.24, 2.45) is 5.92 Å². The van der Waals surface area contributed by atoms with Crippen LogP contribution in [0.4, 0.5) is 5.13 Å². The Bertz CT molecular complexity index is 1710. The summed E-state index contributed by atoms with van der Waals surface area (Å²) < 4.78 is 12.6. The largest absolute Gasteiger partial charge is 0.507 e. The van der Waals surface area contributed by atoms with Crippen LogP contribution in [0.3, 0.4) is 0 Å². The summed E-state index contributed by atoms with van der Waals surface area (Å²) in [5.74, 6) is 0.0814. The van der Waals surface area contributed by atoms with E-state index in [2.05, 4.69) is 18.8 Å². The molecule has 0 bridgehead atoms. The first-order valence-corrected chi connectivity index (χ1v) is 14.8. The van der Waals surface area contributed by atoms with E-state index in [9.17, 15) is 14.7 Å². The topological polar surface area (TPSA) is 89.0 Å². The fourth-order valence-electron chi connectivity index (χ4n) is 5.25. The molecule has 0 radical (unpaired) electrons. The lowest BCUT2D eigenvalue weighted by molar-refractivity contribution is -0.132. The van der Waals surface area contributed by atoms with Crippen LogP contribution in [0.15, 0.2) is 66.2 Å². The van der Waals surface area contributed by atoms with Gasteiger partial charge in [0.25, 0.3) is 5.78 Å². The number of halogens is 1. The van der Waals surface area contributed by atoms with Crippen molar-refractivity contribution in [1.82, 2.24) is 4.98 Å². The van der Waals surface area contributed by atoms with Crippen molar-refractivity contribution in [2.75, 3.05) is 11.5 Å². The first-order valence-electron chi connectivity index (χ1n) is 13.6. The molecular weight excluding hydrogens is 560 g/mol. The number of hydrogen-bond acceptors (Lipinski definition) is 7. The minimum Gasteiger partial charge on any atom is -0.507 e. The van der Waals surface area contributed by atoms with E-state index in [4.69, 9.17) is 21.1 Å². The number of thiazole rings is 1. The molecule has 1 aromatic heterocycles. The van der Waals surface area contributed by atoms with Gasteiger partial charge in [-0.15, -0.1) is 0 Å². The van der Waals surface area contributed by atoms with E-state index < -0.39 is 17.7 Å². The number of Topliss-reactive ketones (excluding diaryl/α,β-unsaturated/α-hetero) is 1. The average molecular weight is 589 g/mol. The number of ketones is 1. The summed E-state index contributed by atoms with van der Waals surface area (Å²) in [6, 6.07) is 17.0. The van der Waals surface area contributed by atoms with Gasteiger partial charge in [-0.2, -0.15) is 0 Å². The molecule has 6 rings (SSSR count). The number of fused-ring (bicyclic) bond motifs is 2. The van der Waals surface area contributed by atoms with Crippen molar-refractivity contribution in [3.05, 3.63) is 87.9 Å². The lowest BCUT2D eigenvalue weighted by Crippen LogP contribution is -2.29. The zero-order chi connectivity index (χ0) is 28.8. The summed E-state index contributed by atoms with van der Waals surface area (Å²) in [6.45, 7) is 6.77. The van der Waals surface area contributed by atoms with Crippen LogP contribution < -0.4 is 14.4 Å². The van der Waals surface area contributed by atoms with Crippen molar-refractivity contribution < 1.29 is 24.2 Å². The standard InChI is InChI=1S/C32H29ClN2O5S/c1-17(2)11-12-39-23-6-4-5-19(15-23)28-27(29(36)20-7-10-25-21(14-20)13-18(3)40-25)30(37)31(38)35(28)32-34-24-9-8-22(33)16-26(24)41-32/h4-10,14-18,28,36H,11-13H2,1-3H3/t18-,28+/m1/s1. The second kappa shape index (κ2) is 10.8. The van der Waals surface area contributed by atoms with Gasteiger partial charge in [0.1, 0.15) is 23.4 Å². The Morgan fingerprint density at radius 2 is 2.00 bits per heavy atom. The van der Waals surface area contributed by atoms with Crippen molar-refractivity contribution in [2.45, 2.75) is 45.8 Å². The number of carbonyl (C=O) groups excluding carboxylic acids is 2. The highest BCUT2D eigenvalue weighted by Crippen LogP contribution is 2.45. The summed E-state index contributed by atoms with van der Waals surface area (Å²) in [5, 5.41) is 12.5. The number of anilines is 1. The van der Waals surface area contributed by atoms with E-state index in [1.54, 1.807) is 30.3 Å². The quantitative estimate of drug-likeness (QED) is 0.138. The van der Waals surface area contributed by atoms with E-state index in [0.717, 1.165) is 22.4 Å². The zero-order valence-electron chi connectivity index (χ0n) is 22.9. The van der Waals surface area contributed by atoms with Crippen molar-refractivity contribution in [3.63, 3.8) is 0 Å². The molecular formula is C32H29ClN2O5S.